The molecule has 0 radical (unpaired) electrons. The molecule has 0 amide bonds. The molecule has 2 rings (SSSR count). The van der Waals surface area contributed by atoms with Crippen molar-refractivity contribution in [3.63, 3.8) is 0 Å². The maximum atomic E-state index is 11.7. The summed E-state index contributed by atoms with van der Waals surface area (Å²) in [5.41, 5.74) is 2.04. The van der Waals surface area contributed by atoms with Gasteiger partial charge in [-0.1, -0.05) is 42.5 Å². The van der Waals surface area contributed by atoms with Crippen LogP contribution in [0.5, 0.6) is 0 Å². The van der Waals surface area contributed by atoms with Gasteiger partial charge in [0.1, 0.15) is 6.61 Å². The van der Waals surface area contributed by atoms with E-state index < -0.39 is 0 Å². The van der Waals surface area contributed by atoms with Crippen molar-refractivity contribution >= 4 is 11.8 Å². The van der Waals surface area contributed by atoms with Crippen molar-refractivity contribution in [1.82, 2.24) is 0 Å². The van der Waals surface area contributed by atoms with Crippen LogP contribution in [0.15, 0.2) is 54.6 Å². The second-order valence-corrected chi connectivity index (χ2v) is 4.20. The molecule has 19 heavy (non-hydrogen) atoms. The van der Waals surface area contributed by atoms with E-state index in [4.69, 9.17) is 4.74 Å². The molecule has 0 N–H and O–H groups in total. The largest absolute Gasteiger partial charge is 0.457 e. The average molecular weight is 254 g/mol. The number of esters is 1. The first-order valence-corrected chi connectivity index (χ1v) is 5.99. The summed E-state index contributed by atoms with van der Waals surface area (Å²) in [6.07, 6.45) is 0. The number of carbonyl (C=O) groups is 2. The zero-order chi connectivity index (χ0) is 13.7. The van der Waals surface area contributed by atoms with Gasteiger partial charge in [0.05, 0.1) is 5.56 Å². The van der Waals surface area contributed by atoms with Gasteiger partial charge in [-0.3, -0.25) is 4.79 Å². The fourth-order valence-corrected chi connectivity index (χ4v) is 1.64. The van der Waals surface area contributed by atoms with Crippen LogP contribution in [-0.4, -0.2) is 11.8 Å². The highest BCUT2D eigenvalue weighted by molar-refractivity contribution is 5.94. The number of hydrogen-bond donors (Lipinski definition) is 0. The number of ether oxygens (including phenoxy) is 1. The number of rotatable bonds is 4. The molecule has 3 heteroatoms. The fourth-order valence-electron chi connectivity index (χ4n) is 1.64. The molecular formula is C16H14O3. The summed E-state index contributed by atoms with van der Waals surface area (Å²) < 4.78 is 5.19. The first-order chi connectivity index (χ1) is 9.16. The topological polar surface area (TPSA) is 43.4 Å². The molecular weight excluding hydrogens is 240 g/mol. The summed E-state index contributed by atoms with van der Waals surface area (Å²) in [5.74, 6) is -0.330. The third kappa shape index (κ3) is 3.52. The van der Waals surface area contributed by atoms with Crippen LogP contribution in [0.4, 0.5) is 0 Å². The maximum absolute atomic E-state index is 11.7. The molecule has 3 nitrogen and oxygen atoms in total. The molecule has 0 heterocycles. The lowest BCUT2D eigenvalue weighted by Crippen LogP contribution is -2.05. The zero-order valence-electron chi connectivity index (χ0n) is 10.6. The summed E-state index contributed by atoms with van der Waals surface area (Å²) in [5, 5.41) is 0. The SMILES string of the molecule is CC(=O)c1ccc(COC(=O)c2ccccc2)cc1. The number of carbonyl (C=O) groups excluding carboxylic acids is 2. The van der Waals surface area contributed by atoms with Crippen LogP contribution in [0, 0.1) is 0 Å². The zero-order valence-corrected chi connectivity index (χ0v) is 10.6. The van der Waals surface area contributed by atoms with Crippen molar-refractivity contribution in [1.29, 1.82) is 0 Å². The smallest absolute Gasteiger partial charge is 0.338 e. The Morgan fingerprint density at radius 1 is 0.895 bits per heavy atom. The Morgan fingerprint density at radius 3 is 2.11 bits per heavy atom. The Balaban J connectivity index is 1.95. The van der Waals surface area contributed by atoms with E-state index >= 15 is 0 Å². The van der Waals surface area contributed by atoms with Crippen molar-refractivity contribution in [3.05, 3.63) is 71.3 Å². The minimum absolute atomic E-state index is 0.0211. The van der Waals surface area contributed by atoms with Crippen LogP contribution in [0.1, 0.15) is 33.2 Å². The van der Waals surface area contributed by atoms with Crippen LogP contribution < -0.4 is 0 Å². The van der Waals surface area contributed by atoms with Gasteiger partial charge in [0, 0.05) is 5.56 Å². The van der Waals surface area contributed by atoms with E-state index in [-0.39, 0.29) is 18.4 Å². The molecule has 0 fully saturated rings. The highest BCUT2D eigenvalue weighted by Gasteiger charge is 2.06. The molecule has 0 saturated carbocycles. The van der Waals surface area contributed by atoms with E-state index in [1.165, 1.54) is 6.92 Å². The normalized spacial score (nSPS) is 9.95. The minimum Gasteiger partial charge on any atom is -0.457 e. The molecule has 0 aromatic heterocycles. The lowest BCUT2D eigenvalue weighted by Gasteiger charge is -2.05. The van der Waals surface area contributed by atoms with Crippen molar-refractivity contribution in [2.24, 2.45) is 0 Å². The summed E-state index contributed by atoms with van der Waals surface area (Å²) in [6, 6.07) is 15.9. The van der Waals surface area contributed by atoms with Gasteiger partial charge in [0.25, 0.3) is 0 Å². The summed E-state index contributed by atoms with van der Waals surface area (Å²) >= 11 is 0. The van der Waals surface area contributed by atoms with E-state index in [0.29, 0.717) is 11.1 Å². The quantitative estimate of drug-likeness (QED) is 0.621. The molecule has 0 bridgehead atoms. The molecule has 0 aliphatic heterocycles. The lowest BCUT2D eigenvalue weighted by atomic mass is 10.1. The molecule has 96 valence electrons. The highest BCUT2D eigenvalue weighted by Crippen LogP contribution is 2.08. The molecule has 0 aliphatic rings. The monoisotopic (exact) mass is 254 g/mol. The van der Waals surface area contributed by atoms with Crippen molar-refractivity contribution < 1.29 is 14.3 Å². The predicted octanol–water partition coefficient (Wildman–Crippen LogP) is 3.25. The molecule has 0 saturated heterocycles. The second kappa shape index (κ2) is 5.96. The van der Waals surface area contributed by atoms with Crippen LogP contribution in [0.25, 0.3) is 0 Å². The van der Waals surface area contributed by atoms with Crippen molar-refractivity contribution in [2.75, 3.05) is 0 Å². The third-order valence-electron chi connectivity index (χ3n) is 2.74. The lowest BCUT2D eigenvalue weighted by molar-refractivity contribution is 0.0472. The van der Waals surface area contributed by atoms with Gasteiger partial charge in [-0.05, 0) is 24.6 Å². The predicted molar refractivity (Wildman–Crippen MR) is 72.0 cm³/mol. The molecule has 0 aliphatic carbocycles. The average Bonchev–Trinajstić information content (AvgIpc) is 2.46. The number of ketones is 1. The van der Waals surface area contributed by atoms with E-state index in [1.54, 1.807) is 48.5 Å². The van der Waals surface area contributed by atoms with E-state index in [2.05, 4.69) is 0 Å². The Kier molecular flexibility index (Phi) is 4.08. The van der Waals surface area contributed by atoms with Crippen LogP contribution in [0.3, 0.4) is 0 Å². The number of Topliss-reactive ketones (excluding diaryl/α,β-unsaturated/α-hetero) is 1. The molecule has 0 unspecified atom stereocenters. The van der Waals surface area contributed by atoms with Gasteiger partial charge in [-0.15, -0.1) is 0 Å². The number of hydrogen-bond acceptors (Lipinski definition) is 3. The van der Waals surface area contributed by atoms with Gasteiger partial charge in [-0.25, -0.2) is 4.79 Å². The van der Waals surface area contributed by atoms with Gasteiger partial charge >= 0.3 is 5.97 Å². The summed E-state index contributed by atoms with van der Waals surface area (Å²) in [4.78, 5) is 22.8. The molecule has 0 spiro atoms. The summed E-state index contributed by atoms with van der Waals surface area (Å²) in [7, 11) is 0. The Bertz CT molecular complexity index is 571. The standard InChI is InChI=1S/C16H14O3/c1-12(17)14-9-7-13(8-10-14)11-19-16(18)15-5-3-2-4-6-15/h2-10H,11H2,1H3. The second-order valence-electron chi connectivity index (χ2n) is 4.20. The van der Waals surface area contributed by atoms with Crippen LogP contribution >= 0.6 is 0 Å². The molecule has 0 atom stereocenters. The van der Waals surface area contributed by atoms with Gasteiger partial charge < -0.3 is 4.74 Å². The van der Waals surface area contributed by atoms with E-state index in [0.717, 1.165) is 5.56 Å². The first-order valence-electron chi connectivity index (χ1n) is 5.99. The number of benzene rings is 2. The van der Waals surface area contributed by atoms with Crippen molar-refractivity contribution in [3.8, 4) is 0 Å². The van der Waals surface area contributed by atoms with E-state index in [1.807, 2.05) is 6.07 Å². The Morgan fingerprint density at radius 2 is 1.53 bits per heavy atom. The highest BCUT2D eigenvalue weighted by atomic mass is 16.5. The molecule has 2 aromatic carbocycles. The minimum atomic E-state index is -0.351. The third-order valence-corrected chi connectivity index (χ3v) is 2.74. The Hall–Kier alpha value is -2.42. The van der Waals surface area contributed by atoms with Gasteiger partial charge in [0.2, 0.25) is 0 Å². The van der Waals surface area contributed by atoms with Gasteiger partial charge in [0.15, 0.2) is 5.78 Å². The van der Waals surface area contributed by atoms with Crippen LogP contribution in [0.2, 0.25) is 0 Å². The first kappa shape index (κ1) is 13.0. The maximum Gasteiger partial charge on any atom is 0.338 e. The van der Waals surface area contributed by atoms with Crippen LogP contribution in [-0.2, 0) is 11.3 Å². The fraction of sp³-hybridized carbons (Fsp3) is 0.125. The van der Waals surface area contributed by atoms with Gasteiger partial charge in [-0.2, -0.15) is 0 Å². The summed E-state index contributed by atoms with van der Waals surface area (Å²) in [6.45, 7) is 1.72. The Labute approximate surface area is 111 Å². The van der Waals surface area contributed by atoms with Crippen molar-refractivity contribution in [2.45, 2.75) is 13.5 Å². The van der Waals surface area contributed by atoms with E-state index in [9.17, 15) is 9.59 Å². The molecule has 2 aromatic rings.